The lowest BCUT2D eigenvalue weighted by atomic mass is 10.1. The SMILES string of the molecule is Nc1ccc2c(S(=O)(=O)NCl)cccc2c1N. The zero-order chi connectivity index (χ0) is 12.6. The van der Waals surface area contributed by atoms with Gasteiger partial charge in [0.25, 0.3) is 10.0 Å². The first-order valence-corrected chi connectivity index (χ1v) is 6.52. The zero-order valence-electron chi connectivity index (χ0n) is 8.64. The van der Waals surface area contributed by atoms with Crippen molar-refractivity contribution in [3.8, 4) is 0 Å². The van der Waals surface area contributed by atoms with Gasteiger partial charge in [-0.25, -0.2) is 8.42 Å². The topological polar surface area (TPSA) is 98.2 Å². The van der Waals surface area contributed by atoms with Crippen LogP contribution in [0, 0.1) is 0 Å². The number of anilines is 2. The lowest BCUT2D eigenvalue weighted by Crippen LogP contribution is -2.14. The summed E-state index contributed by atoms with van der Waals surface area (Å²) in [7, 11) is -3.74. The molecular weight excluding hydrogens is 262 g/mol. The van der Waals surface area contributed by atoms with Gasteiger partial charge in [-0.1, -0.05) is 18.2 Å². The number of rotatable bonds is 2. The van der Waals surface area contributed by atoms with Crippen LogP contribution in [0.15, 0.2) is 35.2 Å². The van der Waals surface area contributed by atoms with E-state index in [9.17, 15) is 8.42 Å². The molecule has 2 aromatic rings. The highest BCUT2D eigenvalue weighted by molar-refractivity contribution is 7.90. The summed E-state index contributed by atoms with van der Waals surface area (Å²) in [5.41, 5.74) is 12.2. The molecule has 0 aromatic heterocycles. The van der Waals surface area contributed by atoms with E-state index in [0.717, 1.165) is 0 Å². The molecule has 2 rings (SSSR count). The van der Waals surface area contributed by atoms with Crippen molar-refractivity contribution in [2.75, 3.05) is 11.5 Å². The molecule has 7 heteroatoms. The number of benzene rings is 2. The molecule has 17 heavy (non-hydrogen) atoms. The fraction of sp³-hybridized carbons (Fsp3) is 0. The Morgan fingerprint density at radius 1 is 1.06 bits per heavy atom. The molecule has 0 saturated carbocycles. The highest BCUT2D eigenvalue weighted by Crippen LogP contribution is 2.30. The van der Waals surface area contributed by atoms with Gasteiger partial charge in [-0.15, -0.1) is 4.24 Å². The van der Waals surface area contributed by atoms with Crippen molar-refractivity contribution >= 4 is 43.9 Å². The minimum atomic E-state index is -3.74. The number of hydrogen-bond acceptors (Lipinski definition) is 4. The van der Waals surface area contributed by atoms with E-state index >= 15 is 0 Å². The van der Waals surface area contributed by atoms with Gasteiger partial charge in [-0.05, 0) is 23.9 Å². The monoisotopic (exact) mass is 271 g/mol. The summed E-state index contributed by atoms with van der Waals surface area (Å²) >= 11 is 5.21. The van der Waals surface area contributed by atoms with E-state index < -0.39 is 10.0 Å². The van der Waals surface area contributed by atoms with Crippen LogP contribution in [0.2, 0.25) is 0 Å². The largest absolute Gasteiger partial charge is 0.397 e. The predicted octanol–water partition coefficient (Wildman–Crippen LogP) is 1.44. The van der Waals surface area contributed by atoms with E-state index in [4.69, 9.17) is 23.2 Å². The van der Waals surface area contributed by atoms with Crippen molar-refractivity contribution in [3.05, 3.63) is 30.3 Å². The minimum absolute atomic E-state index is 0.0664. The van der Waals surface area contributed by atoms with Crippen molar-refractivity contribution in [1.82, 2.24) is 4.24 Å². The Kier molecular flexibility index (Phi) is 2.86. The summed E-state index contributed by atoms with van der Waals surface area (Å²) in [6.07, 6.45) is 0. The summed E-state index contributed by atoms with van der Waals surface area (Å²) < 4.78 is 25.1. The molecular formula is C10H10ClN3O2S. The average molecular weight is 272 g/mol. The molecule has 5 N–H and O–H groups in total. The van der Waals surface area contributed by atoms with E-state index in [-0.39, 0.29) is 4.90 Å². The molecule has 0 spiro atoms. The molecule has 0 aliphatic carbocycles. The van der Waals surface area contributed by atoms with Crippen molar-refractivity contribution in [1.29, 1.82) is 0 Å². The van der Waals surface area contributed by atoms with Gasteiger partial charge in [0.2, 0.25) is 0 Å². The lowest BCUT2D eigenvalue weighted by Gasteiger charge is -2.09. The molecule has 0 amide bonds. The lowest BCUT2D eigenvalue weighted by molar-refractivity contribution is 0.595. The predicted molar refractivity (Wildman–Crippen MR) is 68.9 cm³/mol. The smallest absolute Gasteiger partial charge is 0.254 e. The van der Waals surface area contributed by atoms with Gasteiger partial charge >= 0.3 is 0 Å². The van der Waals surface area contributed by atoms with E-state index in [1.165, 1.54) is 6.07 Å². The molecule has 0 aliphatic heterocycles. The van der Waals surface area contributed by atoms with Gasteiger partial charge in [-0.3, -0.25) is 0 Å². The molecule has 2 aromatic carbocycles. The van der Waals surface area contributed by atoms with E-state index in [0.29, 0.717) is 22.1 Å². The Morgan fingerprint density at radius 3 is 2.41 bits per heavy atom. The van der Waals surface area contributed by atoms with Crippen LogP contribution in [0.3, 0.4) is 0 Å². The molecule has 0 fully saturated rings. The maximum Gasteiger partial charge on any atom is 0.254 e. The van der Waals surface area contributed by atoms with Crippen molar-refractivity contribution in [2.24, 2.45) is 0 Å². The van der Waals surface area contributed by atoms with E-state index in [1.807, 2.05) is 0 Å². The molecule has 5 nitrogen and oxygen atoms in total. The minimum Gasteiger partial charge on any atom is -0.397 e. The number of nitrogen functional groups attached to an aromatic ring is 2. The number of halogens is 1. The summed E-state index contributed by atoms with van der Waals surface area (Å²) in [5, 5.41) is 1.06. The first-order chi connectivity index (χ1) is 7.97. The highest BCUT2D eigenvalue weighted by Gasteiger charge is 2.17. The number of nitrogens with two attached hydrogens (primary N) is 2. The van der Waals surface area contributed by atoms with Crippen molar-refractivity contribution in [3.63, 3.8) is 0 Å². The standard InChI is InChI=1S/C10H10ClN3O2S/c11-14-17(15,16)9-3-1-2-7-6(9)4-5-8(12)10(7)13/h1-5,14H,12-13H2. The Hall–Kier alpha value is -1.50. The molecule has 90 valence electrons. The number of sulfonamides is 1. The highest BCUT2D eigenvalue weighted by atomic mass is 35.5. The van der Waals surface area contributed by atoms with Gasteiger partial charge in [0.1, 0.15) is 0 Å². The summed E-state index contributed by atoms with van der Waals surface area (Å²) in [5.74, 6) is 0. The molecule has 0 aliphatic rings. The molecule has 0 heterocycles. The second-order valence-corrected chi connectivity index (χ2v) is 5.56. The van der Waals surface area contributed by atoms with Gasteiger partial charge in [0.05, 0.1) is 16.3 Å². The molecule has 0 atom stereocenters. The Morgan fingerprint density at radius 2 is 1.76 bits per heavy atom. The third-order valence-electron chi connectivity index (χ3n) is 2.49. The van der Waals surface area contributed by atoms with Gasteiger partial charge < -0.3 is 11.5 Å². The van der Waals surface area contributed by atoms with Crippen LogP contribution in [-0.2, 0) is 10.0 Å². The summed E-state index contributed by atoms with van der Waals surface area (Å²) in [6, 6.07) is 7.89. The van der Waals surface area contributed by atoms with Crippen LogP contribution in [0.4, 0.5) is 11.4 Å². The maximum atomic E-state index is 11.7. The van der Waals surface area contributed by atoms with Crippen molar-refractivity contribution < 1.29 is 8.42 Å². The molecule has 0 saturated heterocycles. The second kappa shape index (κ2) is 4.06. The molecule has 0 unspecified atom stereocenters. The van der Waals surface area contributed by atoms with Crippen LogP contribution in [-0.4, -0.2) is 8.42 Å². The Labute approximate surface area is 104 Å². The van der Waals surface area contributed by atoms with E-state index in [2.05, 4.69) is 0 Å². The Bertz CT molecular complexity index is 685. The van der Waals surface area contributed by atoms with Crippen LogP contribution in [0.25, 0.3) is 10.8 Å². The molecule has 0 bridgehead atoms. The van der Waals surface area contributed by atoms with E-state index in [1.54, 1.807) is 28.5 Å². The summed E-state index contributed by atoms with van der Waals surface area (Å²) in [6.45, 7) is 0. The van der Waals surface area contributed by atoms with Gasteiger partial charge in [0, 0.05) is 10.8 Å². The van der Waals surface area contributed by atoms with Crippen molar-refractivity contribution in [2.45, 2.75) is 4.90 Å². The third-order valence-corrected chi connectivity index (χ3v) is 4.24. The fourth-order valence-electron chi connectivity index (χ4n) is 1.65. The van der Waals surface area contributed by atoms with Gasteiger partial charge in [-0.2, -0.15) is 0 Å². The fourth-order valence-corrected chi connectivity index (χ4v) is 2.70. The first kappa shape index (κ1) is 12.0. The number of nitrogens with one attached hydrogen (secondary N) is 1. The van der Waals surface area contributed by atoms with Gasteiger partial charge in [0.15, 0.2) is 0 Å². The molecule has 0 radical (unpaired) electrons. The second-order valence-electron chi connectivity index (χ2n) is 3.50. The van der Waals surface area contributed by atoms with Crippen LogP contribution < -0.4 is 15.7 Å². The summed E-state index contributed by atoms with van der Waals surface area (Å²) in [4.78, 5) is 0.0664. The number of hydrogen-bond donors (Lipinski definition) is 3. The zero-order valence-corrected chi connectivity index (χ0v) is 10.2. The normalized spacial score (nSPS) is 11.8. The Balaban J connectivity index is 2.90. The van der Waals surface area contributed by atoms with Crippen LogP contribution >= 0.6 is 11.8 Å². The van der Waals surface area contributed by atoms with Crippen LogP contribution in [0.1, 0.15) is 0 Å². The first-order valence-electron chi connectivity index (χ1n) is 4.66. The maximum absolute atomic E-state index is 11.7. The third kappa shape index (κ3) is 1.90. The number of fused-ring (bicyclic) bond motifs is 1. The van der Waals surface area contributed by atoms with Crippen LogP contribution in [0.5, 0.6) is 0 Å². The average Bonchev–Trinajstić information content (AvgIpc) is 2.33. The quantitative estimate of drug-likeness (QED) is 0.568.